The Morgan fingerprint density at radius 1 is 1.04 bits per heavy atom. The van der Waals surface area contributed by atoms with E-state index in [1.54, 1.807) is 31.2 Å². The van der Waals surface area contributed by atoms with Crippen molar-refractivity contribution in [2.24, 2.45) is 0 Å². The van der Waals surface area contributed by atoms with Gasteiger partial charge in [-0.1, -0.05) is 19.1 Å². The van der Waals surface area contributed by atoms with Crippen LogP contribution in [0.5, 0.6) is 5.75 Å². The fraction of sp³-hybridized carbons (Fsp3) is 0.333. The average molecular weight is 355 g/mol. The van der Waals surface area contributed by atoms with Gasteiger partial charge in [0.1, 0.15) is 5.75 Å². The molecule has 1 atom stereocenters. The molecule has 0 aromatic heterocycles. The molecular weight excluding hydrogens is 330 g/mol. The summed E-state index contributed by atoms with van der Waals surface area (Å²) in [7, 11) is 0. The van der Waals surface area contributed by atoms with Crippen LogP contribution in [0, 0.1) is 13.8 Å². The lowest BCUT2D eigenvalue weighted by Crippen LogP contribution is -2.32. The molecule has 0 fully saturated rings. The zero-order chi connectivity index (χ0) is 19.1. The van der Waals surface area contributed by atoms with Gasteiger partial charge in [0.05, 0.1) is 12.2 Å². The third kappa shape index (κ3) is 5.09. The molecule has 5 heteroatoms. The third-order valence-electron chi connectivity index (χ3n) is 4.06. The molecule has 0 saturated carbocycles. The highest BCUT2D eigenvalue weighted by Crippen LogP contribution is 2.19. The number of esters is 1. The van der Waals surface area contributed by atoms with Gasteiger partial charge in [0.25, 0.3) is 5.91 Å². The van der Waals surface area contributed by atoms with E-state index < -0.39 is 12.1 Å². The van der Waals surface area contributed by atoms with Crippen molar-refractivity contribution in [3.8, 4) is 5.75 Å². The molecule has 5 nitrogen and oxygen atoms in total. The van der Waals surface area contributed by atoms with Crippen LogP contribution in [-0.4, -0.2) is 24.6 Å². The van der Waals surface area contributed by atoms with E-state index in [1.807, 2.05) is 39.0 Å². The molecule has 1 N–H and O–H groups in total. The van der Waals surface area contributed by atoms with Crippen molar-refractivity contribution in [2.75, 3.05) is 11.9 Å². The van der Waals surface area contributed by atoms with E-state index in [0.717, 1.165) is 5.56 Å². The largest absolute Gasteiger partial charge is 0.481 e. The number of amides is 1. The highest BCUT2D eigenvalue weighted by molar-refractivity contribution is 5.96. The molecule has 26 heavy (non-hydrogen) atoms. The zero-order valence-corrected chi connectivity index (χ0v) is 15.7. The van der Waals surface area contributed by atoms with Crippen molar-refractivity contribution in [1.29, 1.82) is 0 Å². The summed E-state index contributed by atoms with van der Waals surface area (Å²) in [5.74, 6) is -0.0101. The van der Waals surface area contributed by atoms with Crippen molar-refractivity contribution in [3.05, 3.63) is 59.2 Å². The van der Waals surface area contributed by atoms with Gasteiger partial charge < -0.3 is 14.8 Å². The smallest absolute Gasteiger partial charge is 0.338 e. The Bertz CT molecular complexity index is 785. The second kappa shape index (κ2) is 9.04. The molecule has 2 aromatic carbocycles. The maximum atomic E-state index is 12.6. The predicted molar refractivity (Wildman–Crippen MR) is 102 cm³/mol. The number of benzene rings is 2. The van der Waals surface area contributed by atoms with Gasteiger partial charge in [-0.05, 0) is 68.7 Å². The van der Waals surface area contributed by atoms with Gasteiger partial charge in [0, 0.05) is 5.69 Å². The Balaban J connectivity index is 2.08. The number of aryl methyl sites for hydroxylation is 2. The van der Waals surface area contributed by atoms with E-state index in [2.05, 4.69) is 5.32 Å². The van der Waals surface area contributed by atoms with Crippen LogP contribution in [0.3, 0.4) is 0 Å². The van der Waals surface area contributed by atoms with Crippen molar-refractivity contribution in [3.63, 3.8) is 0 Å². The molecule has 0 heterocycles. The van der Waals surface area contributed by atoms with Crippen LogP contribution in [0.4, 0.5) is 5.69 Å². The van der Waals surface area contributed by atoms with Gasteiger partial charge in [-0.15, -0.1) is 0 Å². The predicted octanol–water partition coefficient (Wildman–Crippen LogP) is 4.28. The van der Waals surface area contributed by atoms with E-state index in [4.69, 9.17) is 9.47 Å². The number of ether oxygens (including phenoxy) is 2. The van der Waals surface area contributed by atoms with Crippen molar-refractivity contribution in [1.82, 2.24) is 0 Å². The lowest BCUT2D eigenvalue weighted by atomic mass is 10.1. The van der Waals surface area contributed by atoms with Crippen LogP contribution < -0.4 is 10.1 Å². The van der Waals surface area contributed by atoms with Crippen LogP contribution in [0.1, 0.15) is 41.8 Å². The molecule has 0 aliphatic rings. The third-order valence-corrected chi connectivity index (χ3v) is 4.06. The summed E-state index contributed by atoms with van der Waals surface area (Å²) in [6.45, 7) is 7.97. The Morgan fingerprint density at radius 2 is 1.81 bits per heavy atom. The van der Waals surface area contributed by atoms with Crippen LogP contribution >= 0.6 is 0 Å². The Morgan fingerprint density at radius 3 is 2.46 bits per heavy atom. The molecule has 0 spiro atoms. The molecule has 1 amide bonds. The van der Waals surface area contributed by atoms with Crippen LogP contribution in [0.2, 0.25) is 0 Å². The summed E-state index contributed by atoms with van der Waals surface area (Å²) in [5.41, 5.74) is 3.21. The molecule has 0 aliphatic heterocycles. The first-order valence-electron chi connectivity index (χ1n) is 8.76. The monoisotopic (exact) mass is 355 g/mol. The molecule has 0 aliphatic carbocycles. The SMILES string of the molecule is CCOC(=O)c1cccc(NC(=O)C(CC)Oc2ccc(C)c(C)c2)c1. The number of hydrogen-bond donors (Lipinski definition) is 1. The number of rotatable bonds is 7. The van der Waals surface area contributed by atoms with E-state index in [-0.39, 0.29) is 5.91 Å². The first-order chi connectivity index (χ1) is 12.4. The fourth-order valence-corrected chi connectivity index (χ4v) is 2.43. The minimum atomic E-state index is -0.622. The molecule has 0 bridgehead atoms. The average Bonchev–Trinajstić information content (AvgIpc) is 2.63. The first kappa shape index (κ1) is 19.5. The summed E-state index contributed by atoms with van der Waals surface area (Å²) in [6.07, 6.45) is -0.0978. The van der Waals surface area contributed by atoms with Gasteiger partial charge in [-0.25, -0.2) is 4.79 Å². The number of carbonyl (C=O) groups excluding carboxylic acids is 2. The maximum Gasteiger partial charge on any atom is 0.338 e. The molecule has 2 rings (SSSR count). The molecular formula is C21H25NO4. The molecule has 0 saturated heterocycles. The summed E-state index contributed by atoms with van der Waals surface area (Å²) >= 11 is 0. The van der Waals surface area contributed by atoms with E-state index in [1.165, 1.54) is 5.56 Å². The first-order valence-corrected chi connectivity index (χ1v) is 8.76. The minimum Gasteiger partial charge on any atom is -0.481 e. The minimum absolute atomic E-state index is 0.258. The zero-order valence-electron chi connectivity index (χ0n) is 15.7. The summed E-state index contributed by atoms with van der Waals surface area (Å²) in [5, 5.41) is 2.80. The Labute approximate surface area is 154 Å². The normalized spacial score (nSPS) is 11.5. The van der Waals surface area contributed by atoms with E-state index in [0.29, 0.717) is 30.0 Å². The Kier molecular flexibility index (Phi) is 6.78. The number of hydrogen-bond acceptors (Lipinski definition) is 4. The summed E-state index contributed by atoms with van der Waals surface area (Å²) in [6, 6.07) is 12.4. The van der Waals surface area contributed by atoms with Gasteiger partial charge in [0.2, 0.25) is 0 Å². The lowest BCUT2D eigenvalue weighted by molar-refractivity contribution is -0.122. The fourth-order valence-electron chi connectivity index (χ4n) is 2.43. The quantitative estimate of drug-likeness (QED) is 0.753. The summed E-state index contributed by atoms with van der Waals surface area (Å²) in [4.78, 5) is 24.4. The second-order valence-corrected chi connectivity index (χ2v) is 6.05. The highest BCUT2D eigenvalue weighted by atomic mass is 16.5. The standard InChI is InChI=1S/C21H25NO4/c1-5-19(26-18-11-10-14(3)15(4)12-18)20(23)22-17-9-7-8-16(13-17)21(24)25-6-2/h7-13,19H,5-6H2,1-4H3,(H,22,23). The molecule has 138 valence electrons. The van der Waals surface area contributed by atoms with E-state index >= 15 is 0 Å². The summed E-state index contributed by atoms with van der Waals surface area (Å²) < 4.78 is 10.8. The van der Waals surface area contributed by atoms with Crippen molar-refractivity contribution >= 4 is 17.6 Å². The van der Waals surface area contributed by atoms with Gasteiger partial charge in [-0.2, -0.15) is 0 Å². The highest BCUT2D eigenvalue weighted by Gasteiger charge is 2.19. The number of nitrogens with one attached hydrogen (secondary N) is 1. The van der Waals surface area contributed by atoms with Gasteiger partial charge in [0.15, 0.2) is 6.10 Å². The van der Waals surface area contributed by atoms with Crippen molar-refractivity contribution in [2.45, 2.75) is 40.2 Å². The number of carbonyl (C=O) groups is 2. The van der Waals surface area contributed by atoms with E-state index in [9.17, 15) is 9.59 Å². The van der Waals surface area contributed by atoms with Gasteiger partial charge >= 0.3 is 5.97 Å². The van der Waals surface area contributed by atoms with Crippen LogP contribution in [0.25, 0.3) is 0 Å². The second-order valence-electron chi connectivity index (χ2n) is 6.05. The molecule has 2 aromatic rings. The van der Waals surface area contributed by atoms with Crippen LogP contribution in [0.15, 0.2) is 42.5 Å². The van der Waals surface area contributed by atoms with Crippen molar-refractivity contribution < 1.29 is 19.1 Å². The maximum absolute atomic E-state index is 12.6. The van der Waals surface area contributed by atoms with Gasteiger partial charge in [-0.3, -0.25) is 4.79 Å². The van der Waals surface area contributed by atoms with Crippen LogP contribution in [-0.2, 0) is 9.53 Å². The Hall–Kier alpha value is -2.82. The topological polar surface area (TPSA) is 64.6 Å². The molecule has 1 unspecified atom stereocenters. The lowest BCUT2D eigenvalue weighted by Gasteiger charge is -2.18. The number of anilines is 1. The molecule has 0 radical (unpaired) electrons.